The van der Waals surface area contributed by atoms with Gasteiger partial charge in [-0.05, 0) is 19.1 Å². The van der Waals surface area contributed by atoms with Crippen LogP contribution in [-0.2, 0) is 0 Å². The van der Waals surface area contributed by atoms with Crippen molar-refractivity contribution in [3.63, 3.8) is 0 Å². The quantitative estimate of drug-likeness (QED) is 0.782. The highest BCUT2D eigenvalue weighted by molar-refractivity contribution is 5.96. The second-order valence-electron chi connectivity index (χ2n) is 4.02. The van der Waals surface area contributed by atoms with Gasteiger partial charge in [0, 0.05) is 26.1 Å². The van der Waals surface area contributed by atoms with Gasteiger partial charge in [-0.2, -0.15) is 0 Å². The highest BCUT2D eigenvalue weighted by Crippen LogP contribution is 2.12. The Morgan fingerprint density at radius 1 is 1.41 bits per heavy atom. The summed E-state index contributed by atoms with van der Waals surface area (Å²) in [4.78, 5) is 13.5. The van der Waals surface area contributed by atoms with Gasteiger partial charge in [0.05, 0.1) is 12.2 Å². The number of nitrogens with zero attached hydrogens (tertiary/aromatic N) is 1. The van der Waals surface area contributed by atoms with Crippen molar-refractivity contribution in [2.24, 2.45) is 0 Å². The average molecular weight is 231 g/mol. The standard InChI is InChI=1S/C14H17NO2/c1-11-7-8-12(6-4-5-9-16)13(10-11)14(17)15(2)3/h7-8,10,16H,5,9H2,1-3H3. The molecule has 1 aromatic carbocycles. The number of rotatable bonds is 2. The fourth-order valence-electron chi connectivity index (χ4n) is 1.40. The molecule has 1 rings (SSSR count). The number of aliphatic hydroxyl groups is 1. The van der Waals surface area contributed by atoms with Crippen LogP contribution in [0.5, 0.6) is 0 Å². The Labute approximate surface area is 102 Å². The first-order valence-electron chi connectivity index (χ1n) is 5.48. The molecule has 3 heteroatoms. The van der Waals surface area contributed by atoms with E-state index in [0.717, 1.165) is 5.56 Å². The number of carbonyl (C=O) groups is 1. The normalized spacial score (nSPS) is 9.41. The van der Waals surface area contributed by atoms with Crippen LogP contribution in [0.2, 0.25) is 0 Å². The van der Waals surface area contributed by atoms with Gasteiger partial charge in [-0.25, -0.2) is 0 Å². The summed E-state index contributed by atoms with van der Waals surface area (Å²) >= 11 is 0. The van der Waals surface area contributed by atoms with Crippen LogP contribution in [0.15, 0.2) is 18.2 Å². The fraction of sp³-hybridized carbons (Fsp3) is 0.357. The summed E-state index contributed by atoms with van der Waals surface area (Å²) < 4.78 is 0. The summed E-state index contributed by atoms with van der Waals surface area (Å²) in [5, 5.41) is 8.68. The molecule has 0 aliphatic heterocycles. The average Bonchev–Trinajstić information content (AvgIpc) is 2.30. The van der Waals surface area contributed by atoms with Crippen LogP contribution in [0.4, 0.5) is 0 Å². The molecule has 17 heavy (non-hydrogen) atoms. The molecule has 0 atom stereocenters. The summed E-state index contributed by atoms with van der Waals surface area (Å²) in [5.41, 5.74) is 2.35. The molecule has 0 fully saturated rings. The van der Waals surface area contributed by atoms with E-state index in [4.69, 9.17) is 5.11 Å². The highest BCUT2D eigenvalue weighted by Gasteiger charge is 2.12. The lowest BCUT2D eigenvalue weighted by atomic mass is 10.0. The molecule has 0 saturated heterocycles. The van der Waals surface area contributed by atoms with Crippen LogP contribution in [0, 0.1) is 18.8 Å². The molecule has 0 aliphatic carbocycles. The second kappa shape index (κ2) is 6.07. The van der Waals surface area contributed by atoms with Gasteiger partial charge in [0.25, 0.3) is 5.91 Å². The fourth-order valence-corrected chi connectivity index (χ4v) is 1.40. The molecule has 1 amide bonds. The first-order valence-corrected chi connectivity index (χ1v) is 5.48. The Morgan fingerprint density at radius 3 is 2.71 bits per heavy atom. The maximum absolute atomic E-state index is 12.0. The summed E-state index contributed by atoms with van der Waals surface area (Å²) in [6.45, 7) is 1.98. The largest absolute Gasteiger partial charge is 0.395 e. The molecule has 0 saturated carbocycles. The molecule has 3 nitrogen and oxygen atoms in total. The number of benzene rings is 1. The molecule has 0 bridgehead atoms. The molecule has 90 valence electrons. The van der Waals surface area contributed by atoms with Gasteiger partial charge in [-0.15, -0.1) is 0 Å². The van der Waals surface area contributed by atoms with Gasteiger partial charge >= 0.3 is 0 Å². The third kappa shape index (κ3) is 3.61. The lowest BCUT2D eigenvalue weighted by Gasteiger charge is -2.12. The Hall–Kier alpha value is -1.79. The van der Waals surface area contributed by atoms with E-state index in [1.54, 1.807) is 14.1 Å². The Morgan fingerprint density at radius 2 is 2.12 bits per heavy atom. The van der Waals surface area contributed by atoms with Crippen molar-refractivity contribution >= 4 is 5.91 Å². The summed E-state index contributed by atoms with van der Waals surface area (Å²) in [6.07, 6.45) is 0.420. The summed E-state index contributed by atoms with van der Waals surface area (Å²) in [7, 11) is 3.44. The minimum Gasteiger partial charge on any atom is -0.395 e. The Kier molecular flexibility index (Phi) is 4.74. The SMILES string of the molecule is Cc1ccc(C#CCCO)c(C(=O)N(C)C)c1. The van der Waals surface area contributed by atoms with Crippen molar-refractivity contribution in [3.05, 3.63) is 34.9 Å². The minimum absolute atomic E-state index is 0.0375. The number of hydrogen-bond acceptors (Lipinski definition) is 2. The smallest absolute Gasteiger partial charge is 0.254 e. The van der Waals surface area contributed by atoms with Gasteiger partial charge < -0.3 is 10.0 Å². The van der Waals surface area contributed by atoms with Gasteiger partial charge in [0.1, 0.15) is 0 Å². The lowest BCUT2D eigenvalue weighted by Crippen LogP contribution is -2.22. The van der Waals surface area contributed by atoms with Gasteiger partial charge in [0.15, 0.2) is 0 Å². The number of aliphatic hydroxyl groups excluding tert-OH is 1. The Balaban J connectivity index is 3.14. The first-order chi connectivity index (χ1) is 8.06. The monoisotopic (exact) mass is 231 g/mol. The van der Waals surface area contributed by atoms with E-state index in [-0.39, 0.29) is 12.5 Å². The van der Waals surface area contributed by atoms with Crippen LogP contribution in [0.25, 0.3) is 0 Å². The van der Waals surface area contributed by atoms with Gasteiger partial charge in [0.2, 0.25) is 0 Å². The zero-order valence-corrected chi connectivity index (χ0v) is 10.4. The van der Waals surface area contributed by atoms with Crippen molar-refractivity contribution in [1.82, 2.24) is 4.90 Å². The third-order valence-electron chi connectivity index (χ3n) is 2.27. The Bertz CT molecular complexity index is 467. The zero-order valence-electron chi connectivity index (χ0n) is 10.4. The maximum Gasteiger partial charge on any atom is 0.254 e. The van der Waals surface area contributed by atoms with Crippen LogP contribution < -0.4 is 0 Å². The summed E-state index contributed by atoms with van der Waals surface area (Å²) in [5.74, 6) is 5.70. The molecule has 0 radical (unpaired) electrons. The number of carbonyl (C=O) groups excluding carboxylic acids is 1. The van der Waals surface area contributed by atoms with Crippen molar-refractivity contribution in [1.29, 1.82) is 0 Å². The molecular weight excluding hydrogens is 214 g/mol. The van der Waals surface area contributed by atoms with E-state index in [1.165, 1.54) is 4.90 Å². The summed E-state index contributed by atoms with van der Waals surface area (Å²) in [6, 6.07) is 5.61. The van der Waals surface area contributed by atoms with Crippen LogP contribution in [-0.4, -0.2) is 36.6 Å². The molecule has 0 spiro atoms. The predicted octanol–water partition coefficient (Wildman–Crippen LogP) is 1.43. The molecule has 0 unspecified atom stereocenters. The molecule has 0 aliphatic rings. The highest BCUT2D eigenvalue weighted by atomic mass is 16.2. The lowest BCUT2D eigenvalue weighted by molar-refractivity contribution is 0.0827. The topological polar surface area (TPSA) is 40.5 Å². The van der Waals surface area contributed by atoms with Crippen molar-refractivity contribution in [2.45, 2.75) is 13.3 Å². The van der Waals surface area contributed by atoms with E-state index in [2.05, 4.69) is 11.8 Å². The molecule has 0 heterocycles. The molecular formula is C14H17NO2. The van der Waals surface area contributed by atoms with E-state index < -0.39 is 0 Å². The van der Waals surface area contributed by atoms with Crippen LogP contribution >= 0.6 is 0 Å². The van der Waals surface area contributed by atoms with E-state index in [0.29, 0.717) is 17.5 Å². The molecule has 0 aromatic heterocycles. The van der Waals surface area contributed by atoms with E-state index >= 15 is 0 Å². The number of hydrogen-bond donors (Lipinski definition) is 1. The molecule has 1 aromatic rings. The van der Waals surface area contributed by atoms with Crippen molar-refractivity contribution in [2.75, 3.05) is 20.7 Å². The van der Waals surface area contributed by atoms with Crippen molar-refractivity contribution in [3.8, 4) is 11.8 Å². The number of amides is 1. The van der Waals surface area contributed by atoms with E-state index in [9.17, 15) is 4.79 Å². The second-order valence-corrected chi connectivity index (χ2v) is 4.02. The predicted molar refractivity (Wildman–Crippen MR) is 67.8 cm³/mol. The zero-order chi connectivity index (χ0) is 12.8. The number of aryl methyl sites for hydroxylation is 1. The van der Waals surface area contributed by atoms with Crippen LogP contribution in [0.1, 0.15) is 27.9 Å². The third-order valence-corrected chi connectivity index (χ3v) is 2.27. The van der Waals surface area contributed by atoms with Gasteiger partial charge in [-0.3, -0.25) is 4.79 Å². The van der Waals surface area contributed by atoms with Gasteiger partial charge in [-0.1, -0.05) is 23.5 Å². The molecule has 1 N–H and O–H groups in total. The van der Waals surface area contributed by atoms with Crippen LogP contribution in [0.3, 0.4) is 0 Å². The van der Waals surface area contributed by atoms with E-state index in [1.807, 2.05) is 25.1 Å². The maximum atomic E-state index is 12.0. The first kappa shape index (κ1) is 13.3. The minimum atomic E-state index is -0.0537. The van der Waals surface area contributed by atoms with Crippen molar-refractivity contribution < 1.29 is 9.90 Å².